The van der Waals surface area contributed by atoms with Crippen LogP contribution < -0.4 is 4.57 Å². The topological polar surface area (TPSA) is 3.88 Å². The first-order chi connectivity index (χ1) is 9.88. The quantitative estimate of drug-likeness (QED) is 0.203. The van der Waals surface area contributed by atoms with Gasteiger partial charge in [0.25, 0.3) is 0 Å². The fourth-order valence-corrected chi connectivity index (χ4v) is 2.65. The van der Waals surface area contributed by atoms with E-state index in [2.05, 4.69) is 42.5 Å². The average molecular weight is 517 g/mol. The summed E-state index contributed by atoms with van der Waals surface area (Å²) in [6.07, 6.45) is 18.1. The third kappa shape index (κ3) is 14.4. The van der Waals surface area contributed by atoms with Gasteiger partial charge in [-0.2, -0.15) is 4.57 Å². The molecule has 136 valence electrons. The zero-order valence-corrected chi connectivity index (χ0v) is 19.7. The Morgan fingerprint density at radius 3 is 1.87 bits per heavy atom. The summed E-state index contributed by atoms with van der Waals surface area (Å²) in [7, 11) is 0. The number of hydrogen-bond donors (Lipinski definition) is 0. The van der Waals surface area contributed by atoms with Crippen molar-refractivity contribution in [3.05, 3.63) is 36.7 Å². The van der Waals surface area contributed by atoms with Crippen LogP contribution in [0, 0.1) is 0 Å². The number of halogens is 3. The first-order valence-corrected chi connectivity index (χ1v) is 8.49. The van der Waals surface area contributed by atoms with Gasteiger partial charge in [-0.05, 0) is 12.5 Å². The summed E-state index contributed by atoms with van der Waals surface area (Å²) < 4.78 is 2.30. The second kappa shape index (κ2) is 20.4. The zero-order chi connectivity index (χ0) is 14.5. The van der Waals surface area contributed by atoms with Crippen molar-refractivity contribution in [2.45, 2.75) is 77.7 Å². The standard InChI is InChI=1S/C19H32N.3BrH/c1-3-5-6-7-8-9-10-11-12-14-17-20-18-15-13-16-19(20)4-2;;;/h4,13,15-16,18H,2-3,5-12,14,17H2,1H3;3*1H/q+1;;;. The van der Waals surface area contributed by atoms with Gasteiger partial charge in [0, 0.05) is 24.6 Å². The van der Waals surface area contributed by atoms with Crippen LogP contribution in [0.3, 0.4) is 0 Å². The lowest BCUT2D eigenvalue weighted by atomic mass is 10.1. The minimum atomic E-state index is 0. The van der Waals surface area contributed by atoms with Crippen LogP contribution in [0.5, 0.6) is 0 Å². The third-order valence-electron chi connectivity index (χ3n) is 3.94. The molecule has 0 aliphatic rings. The van der Waals surface area contributed by atoms with Gasteiger partial charge in [0.1, 0.15) is 6.54 Å². The maximum absolute atomic E-state index is 3.87. The number of pyridine rings is 1. The Balaban J connectivity index is -0.00000133. The van der Waals surface area contributed by atoms with Gasteiger partial charge >= 0.3 is 0 Å². The lowest BCUT2D eigenvalue weighted by molar-refractivity contribution is -0.699. The van der Waals surface area contributed by atoms with E-state index in [0.717, 1.165) is 6.54 Å². The Bertz CT molecular complexity index is 369. The van der Waals surface area contributed by atoms with Crippen LogP contribution in [0.25, 0.3) is 6.08 Å². The van der Waals surface area contributed by atoms with Gasteiger partial charge in [-0.25, -0.2) is 0 Å². The summed E-state index contributed by atoms with van der Waals surface area (Å²) in [5.74, 6) is 0. The first kappa shape index (κ1) is 28.1. The Morgan fingerprint density at radius 2 is 1.35 bits per heavy atom. The fraction of sp³-hybridized carbons (Fsp3) is 0.632. The molecule has 1 aromatic heterocycles. The Morgan fingerprint density at radius 1 is 0.826 bits per heavy atom. The minimum Gasteiger partial charge on any atom is -0.199 e. The van der Waals surface area contributed by atoms with E-state index in [1.54, 1.807) is 0 Å². The second-order valence-electron chi connectivity index (χ2n) is 5.71. The Kier molecular flexibility index (Phi) is 24.9. The van der Waals surface area contributed by atoms with Crippen LogP contribution in [0.4, 0.5) is 0 Å². The fourth-order valence-electron chi connectivity index (χ4n) is 2.65. The zero-order valence-electron chi connectivity index (χ0n) is 14.5. The maximum Gasteiger partial charge on any atom is 0.204 e. The second-order valence-corrected chi connectivity index (χ2v) is 5.71. The third-order valence-corrected chi connectivity index (χ3v) is 3.94. The highest BCUT2D eigenvalue weighted by Crippen LogP contribution is 2.10. The molecule has 0 spiro atoms. The van der Waals surface area contributed by atoms with E-state index in [4.69, 9.17) is 0 Å². The molecular formula is C19H35Br3N+. The van der Waals surface area contributed by atoms with Gasteiger partial charge in [-0.1, -0.05) is 64.9 Å². The lowest BCUT2D eigenvalue weighted by Gasteiger charge is -2.02. The largest absolute Gasteiger partial charge is 0.204 e. The monoisotopic (exact) mass is 514 g/mol. The van der Waals surface area contributed by atoms with Crippen molar-refractivity contribution in [2.24, 2.45) is 0 Å². The molecule has 1 rings (SSSR count). The van der Waals surface area contributed by atoms with Gasteiger partial charge in [0.05, 0.1) is 0 Å². The van der Waals surface area contributed by atoms with Crippen LogP contribution in [-0.4, -0.2) is 0 Å². The normalized spacial score (nSPS) is 9.26. The molecule has 0 saturated heterocycles. The summed E-state index contributed by atoms with van der Waals surface area (Å²) in [6.45, 7) is 7.27. The molecular weight excluding hydrogens is 482 g/mol. The number of hydrogen-bond acceptors (Lipinski definition) is 0. The van der Waals surface area contributed by atoms with Gasteiger partial charge in [0.15, 0.2) is 6.20 Å². The van der Waals surface area contributed by atoms with Gasteiger partial charge in [-0.15, -0.1) is 50.9 Å². The Labute approximate surface area is 175 Å². The molecule has 0 saturated carbocycles. The van der Waals surface area contributed by atoms with E-state index in [0.29, 0.717) is 0 Å². The van der Waals surface area contributed by atoms with Crippen LogP contribution >= 0.6 is 50.9 Å². The lowest BCUT2D eigenvalue weighted by Crippen LogP contribution is -2.36. The van der Waals surface area contributed by atoms with E-state index in [1.807, 2.05) is 6.08 Å². The van der Waals surface area contributed by atoms with Crippen molar-refractivity contribution in [1.29, 1.82) is 0 Å². The van der Waals surface area contributed by atoms with Crippen LogP contribution in [-0.2, 0) is 6.54 Å². The Hall–Kier alpha value is 0.330. The molecule has 0 aliphatic heterocycles. The molecule has 0 aliphatic carbocycles. The SMILES string of the molecule is Br.Br.Br.C=Cc1cccc[n+]1CCCCCCCCCCCC. The molecule has 0 bridgehead atoms. The molecule has 0 atom stereocenters. The van der Waals surface area contributed by atoms with Gasteiger partial charge in [0.2, 0.25) is 5.69 Å². The highest BCUT2D eigenvalue weighted by atomic mass is 79.9. The van der Waals surface area contributed by atoms with Crippen molar-refractivity contribution in [2.75, 3.05) is 0 Å². The van der Waals surface area contributed by atoms with E-state index < -0.39 is 0 Å². The predicted octanol–water partition coefficient (Wildman–Crippen LogP) is 7.27. The van der Waals surface area contributed by atoms with Crippen molar-refractivity contribution in [1.82, 2.24) is 0 Å². The number of aromatic nitrogens is 1. The number of unbranched alkanes of at least 4 members (excludes halogenated alkanes) is 9. The summed E-state index contributed by atoms with van der Waals surface area (Å²) in [6, 6.07) is 6.30. The summed E-state index contributed by atoms with van der Waals surface area (Å²) in [4.78, 5) is 0. The molecule has 23 heavy (non-hydrogen) atoms. The summed E-state index contributed by atoms with van der Waals surface area (Å²) >= 11 is 0. The predicted molar refractivity (Wildman–Crippen MR) is 120 cm³/mol. The number of nitrogens with zero attached hydrogens (tertiary/aromatic N) is 1. The first-order valence-electron chi connectivity index (χ1n) is 8.49. The van der Waals surface area contributed by atoms with E-state index in [-0.39, 0.29) is 50.9 Å². The van der Waals surface area contributed by atoms with Crippen molar-refractivity contribution in [3.63, 3.8) is 0 Å². The molecule has 0 N–H and O–H groups in total. The summed E-state index contributed by atoms with van der Waals surface area (Å²) in [5.41, 5.74) is 1.23. The molecule has 0 radical (unpaired) electrons. The molecule has 0 unspecified atom stereocenters. The van der Waals surface area contributed by atoms with Crippen molar-refractivity contribution >= 4 is 57.0 Å². The van der Waals surface area contributed by atoms with E-state index >= 15 is 0 Å². The smallest absolute Gasteiger partial charge is 0.199 e. The van der Waals surface area contributed by atoms with E-state index in [1.165, 1.54) is 69.9 Å². The molecule has 0 amide bonds. The van der Waals surface area contributed by atoms with Crippen LogP contribution in [0.1, 0.15) is 76.8 Å². The van der Waals surface area contributed by atoms with Gasteiger partial charge in [-0.3, -0.25) is 0 Å². The molecule has 0 fully saturated rings. The molecule has 1 heterocycles. The maximum atomic E-state index is 3.87. The number of rotatable bonds is 12. The van der Waals surface area contributed by atoms with Crippen molar-refractivity contribution < 1.29 is 4.57 Å². The van der Waals surface area contributed by atoms with Crippen LogP contribution in [0.2, 0.25) is 0 Å². The number of aryl methyl sites for hydroxylation is 1. The van der Waals surface area contributed by atoms with Crippen molar-refractivity contribution in [3.8, 4) is 0 Å². The molecule has 4 heteroatoms. The minimum absolute atomic E-state index is 0. The molecule has 0 aromatic carbocycles. The molecule has 1 nitrogen and oxygen atoms in total. The highest BCUT2D eigenvalue weighted by Gasteiger charge is 2.04. The average Bonchev–Trinajstić information content (AvgIpc) is 2.49. The molecule has 1 aromatic rings. The van der Waals surface area contributed by atoms with E-state index in [9.17, 15) is 0 Å². The van der Waals surface area contributed by atoms with Crippen LogP contribution in [0.15, 0.2) is 31.0 Å². The highest BCUT2D eigenvalue weighted by molar-refractivity contribution is 8.93. The van der Waals surface area contributed by atoms with Gasteiger partial charge < -0.3 is 0 Å². The summed E-state index contributed by atoms with van der Waals surface area (Å²) in [5, 5.41) is 0.